The van der Waals surface area contributed by atoms with Gasteiger partial charge >= 0.3 is 0 Å². The van der Waals surface area contributed by atoms with E-state index >= 15 is 0 Å². The Hall–Kier alpha value is -1.96. The maximum atomic E-state index is 12.7. The molecule has 2 aromatic rings. The first-order valence-corrected chi connectivity index (χ1v) is 10.3. The molecule has 1 aliphatic heterocycles. The number of fused-ring (bicyclic) bond motifs is 1. The molecule has 0 fully saturated rings. The molecule has 138 valence electrons. The van der Waals surface area contributed by atoms with Crippen LogP contribution < -0.4 is 4.90 Å². The lowest BCUT2D eigenvalue weighted by atomic mass is 10.2. The highest BCUT2D eigenvalue weighted by Gasteiger charge is 2.29. The average Bonchev–Trinajstić information content (AvgIpc) is 3.05. The summed E-state index contributed by atoms with van der Waals surface area (Å²) in [6.45, 7) is 4.98. The Bertz CT molecular complexity index is 925. The van der Waals surface area contributed by atoms with E-state index in [9.17, 15) is 13.2 Å². The Labute approximate surface area is 158 Å². The molecule has 2 heterocycles. The molecule has 0 radical (unpaired) electrons. The summed E-state index contributed by atoms with van der Waals surface area (Å²) in [5.74, 6) is -0.174. The number of sulfonamides is 1. The van der Waals surface area contributed by atoms with E-state index in [2.05, 4.69) is 4.98 Å². The number of aromatic nitrogens is 1. The number of halogens is 1. The Morgan fingerprint density at radius 1 is 1.23 bits per heavy atom. The van der Waals surface area contributed by atoms with Gasteiger partial charge in [0.05, 0.1) is 10.5 Å². The third kappa shape index (κ3) is 3.34. The molecule has 6 nitrogen and oxygen atoms in total. The first kappa shape index (κ1) is 18.8. The molecule has 0 aliphatic carbocycles. The van der Waals surface area contributed by atoms with Crippen molar-refractivity contribution in [2.24, 2.45) is 0 Å². The Morgan fingerprint density at radius 2 is 1.96 bits per heavy atom. The topological polar surface area (TPSA) is 70.6 Å². The summed E-state index contributed by atoms with van der Waals surface area (Å²) in [7, 11) is -3.51. The van der Waals surface area contributed by atoms with E-state index in [1.54, 1.807) is 35.2 Å². The van der Waals surface area contributed by atoms with Crippen molar-refractivity contribution in [1.82, 2.24) is 9.29 Å². The van der Waals surface area contributed by atoms with Crippen LogP contribution in [0.2, 0.25) is 5.15 Å². The summed E-state index contributed by atoms with van der Waals surface area (Å²) in [4.78, 5) is 18.6. The standard InChI is InChI=1S/C18H20ClN3O3S/c1-3-21(4-2)26(24,25)15-6-7-16-13(11-15)9-10-22(16)18(23)14-5-8-17(19)20-12-14/h5-8,11-12H,3-4,9-10H2,1-2H3. The minimum absolute atomic E-state index is 0.174. The highest BCUT2D eigenvalue weighted by atomic mass is 35.5. The molecule has 1 aliphatic rings. The predicted molar refractivity (Wildman–Crippen MR) is 101 cm³/mol. The number of carbonyl (C=O) groups excluding carboxylic acids is 1. The zero-order valence-corrected chi connectivity index (χ0v) is 16.2. The predicted octanol–water partition coefficient (Wildman–Crippen LogP) is 2.97. The Balaban J connectivity index is 1.91. The summed E-state index contributed by atoms with van der Waals surface area (Å²) in [6, 6.07) is 8.16. The van der Waals surface area contributed by atoms with Gasteiger partial charge in [-0.1, -0.05) is 25.4 Å². The van der Waals surface area contributed by atoms with E-state index in [4.69, 9.17) is 11.6 Å². The Kier molecular flexibility index (Phi) is 5.32. The van der Waals surface area contributed by atoms with Gasteiger partial charge in [0, 0.05) is 31.5 Å². The van der Waals surface area contributed by atoms with Crippen LogP contribution in [0.3, 0.4) is 0 Å². The van der Waals surface area contributed by atoms with Crippen molar-refractivity contribution >= 4 is 33.2 Å². The number of amides is 1. The molecule has 0 atom stereocenters. The van der Waals surface area contributed by atoms with Crippen molar-refractivity contribution in [2.75, 3.05) is 24.5 Å². The molecule has 8 heteroatoms. The molecule has 0 bridgehead atoms. The molecule has 0 unspecified atom stereocenters. The molecular formula is C18H20ClN3O3S. The third-order valence-corrected chi connectivity index (χ3v) is 6.78. The number of anilines is 1. The fourth-order valence-corrected chi connectivity index (χ4v) is 4.74. The second-order valence-electron chi connectivity index (χ2n) is 5.96. The van der Waals surface area contributed by atoms with Crippen molar-refractivity contribution < 1.29 is 13.2 Å². The van der Waals surface area contributed by atoms with Crippen LogP contribution in [0.1, 0.15) is 29.8 Å². The number of benzene rings is 1. The van der Waals surface area contributed by atoms with Gasteiger partial charge < -0.3 is 4.90 Å². The van der Waals surface area contributed by atoms with Gasteiger partial charge in [0.1, 0.15) is 5.15 Å². The van der Waals surface area contributed by atoms with Crippen LogP contribution in [0.5, 0.6) is 0 Å². The summed E-state index contributed by atoms with van der Waals surface area (Å²) in [5, 5.41) is 0.328. The lowest BCUT2D eigenvalue weighted by molar-refractivity contribution is 0.0989. The molecule has 0 N–H and O–H groups in total. The van der Waals surface area contributed by atoms with Gasteiger partial charge in [0.15, 0.2) is 0 Å². The van der Waals surface area contributed by atoms with Crippen molar-refractivity contribution in [1.29, 1.82) is 0 Å². The molecule has 0 spiro atoms. The van der Waals surface area contributed by atoms with Crippen molar-refractivity contribution in [2.45, 2.75) is 25.2 Å². The lowest BCUT2D eigenvalue weighted by Gasteiger charge is -2.20. The van der Waals surface area contributed by atoms with Gasteiger partial charge in [-0.3, -0.25) is 4.79 Å². The normalized spacial score (nSPS) is 13.9. The molecule has 1 aromatic heterocycles. The molecule has 3 rings (SSSR count). The fraction of sp³-hybridized carbons (Fsp3) is 0.333. The van der Waals surface area contributed by atoms with Gasteiger partial charge in [-0.15, -0.1) is 0 Å². The van der Waals surface area contributed by atoms with E-state index in [-0.39, 0.29) is 10.8 Å². The smallest absolute Gasteiger partial charge is 0.259 e. The molecule has 1 amide bonds. The maximum absolute atomic E-state index is 12.7. The van der Waals surface area contributed by atoms with Crippen LogP contribution in [0.4, 0.5) is 5.69 Å². The van der Waals surface area contributed by atoms with E-state index in [0.717, 1.165) is 11.3 Å². The van der Waals surface area contributed by atoms with Gasteiger partial charge in [-0.05, 0) is 42.3 Å². The summed E-state index contributed by atoms with van der Waals surface area (Å²) < 4.78 is 26.8. The molecule has 0 saturated carbocycles. The molecule has 0 saturated heterocycles. The minimum Gasteiger partial charge on any atom is -0.308 e. The van der Waals surface area contributed by atoms with Crippen LogP contribution in [-0.4, -0.2) is 43.2 Å². The first-order chi connectivity index (χ1) is 12.4. The maximum Gasteiger partial charge on any atom is 0.259 e. The SMILES string of the molecule is CCN(CC)S(=O)(=O)c1ccc2c(c1)CCN2C(=O)c1ccc(Cl)nc1. The highest BCUT2D eigenvalue weighted by molar-refractivity contribution is 7.89. The number of pyridine rings is 1. The number of nitrogens with zero attached hydrogens (tertiary/aromatic N) is 3. The summed E-state index contributed by atoms with van der Waals surface area (Å²) in [6.07, 6.45) is 2.06. The second-order valence-corrected chi connectivity index (χ2v) is 8.28. The minimum atomic E-state index is -3.51. The molecule has 26 heavy (non-hydrogen) atoms. The zero-order chi connectivity index (χ0) is 18.9. The number of rotatable bonds is 5. The molecule has 1 aromatic carbocycles. The van der Waals surface area contributed by atoms with Crippen LogP contribution in [-0.2, 0) is 16.4 Å². The van der Waals surface area contributed by atoms with Crippen LogP contribution in [0.25, 0.3) is 0 Å². The van der Waals surface area contributed by atoms with Gasteiger partial charge in [-0.25, -0.2) is 13.4 Å². The summed E-state index contributed by atoms with van der Waals surface area (Å²) in [5.41, 5.74) is 2.04. The third-order valence-electron chi connectivity index (χ3n) is 4.51. The van der Waals surface area contributed by atoms with Gasteiger partial charge in [0.25, 0.3) is 5.91 Å². The van der Waals surface area contributed by atoms with Gasteiger partial charge in [0.2, 0.25) is 10.0 Å². The Morgan fingerprint density at radius 3 is 2.58 bits per heavy atom. The first-order valence-electron chi connectivity index (χ1n) is 8.45. The quantitative estimate of drug-likeness (QED) is 0.732. The van der Waals surface area contributed by atoms with E-state index in [1.165, 1.54) is 10.5 Å². The second kappa shape index (κ2) is 7.34. The molecular weight excluding hydrogens is 374 g/mol. The van der Waals surface area contributed by atoms with Crippen molar-refractivity contribution in [3.8, 4) is 0 Å². The van der Waals surface area contributed by atoms with Crippen LogP contribution >= 0.6 is 11.6 Å². The average molecular weight is 394 g/mol. The largest absolute Gasteiger partial charge is 0.308 e. The number of hydrogen-bond acceptors (Lipinski definition) is 4. The van der Waals surface area contributed by atoms with E-state index in [0.29, 0.717) is 36.8 Å². The fourth-order valence-electron chi connectivity index (χ4n) is 3.12. The number of hydrogen-bond donors (Lipinski definition) is 0. The lowest BCUT2D eigenvalue weighted by Crippen LogP contribution is -2.30. The highest BCUT2D eigenvalue weighted by Crippen LogP contribution is 2.32. The van der Waals surface area contributed by atoms with Crippen molar-refractivity contribution in [3.05, 3.63) is 52.8 Å². The van der Waals surface area contributed by atoms with Gasteiger partial charge in [-0.2, -0.15) is 4.31 Å². The zero-order valence-electron chi connectivity index (χ0n) is 14.6. The van der Waals surface area contributed by atoms with Crippen LogP contribution in [0, 0.1) is 0 Å². The van der Waals surface area contributed by atoms with E-state index < -0.39 is 10.0 Å². The van der Waals surface area contributed by atoms with Crippen molar-refractivity contribution in [3.63, 3.8) is 0 Å². The monoisotopic (exact) mass is 393 g/mol. The number of carbonyl (C=O) groups is 1. The van der Waals surface area contributed by atoms with E-state index in [1.807, 2.05) is 13.8 Å². The summed E-state index contributed by atoms with van der Waals surface area (Å²) >= 11 is 5.77. The van der Waals surface area contributed by atoms with Crippen LogP contribution in [0.15, 0.2) is 41.4 Å².